The molecule has 0 bridgehead atoms. The molecule has 0 saturated heterocycles. The summed E-state index contributed by atoms with van der Waals surface area (Å²) in [6, 6.07) is 6.08. The summed E-state index contributed by atoms with van der Waals surface area (Å²) in [5.41, 5.74) is 6.10. The van der Waals surface area contributed by atoms with Crippen LogP contribution in [0.1, 0.15) is 16.7 Å². The van der Waals surface area contributed by atoms with Crippen molar-refractivity contribution in [1.29, 1.82) is 0 Å². The van der Waals surface area contributed by atoms with Crippen molar-refractivity contribution in [2.75, 3.05) is 7.05 Å². The SMILES string of the molecule is CN=C(NN)c1cccc(C)c1C. The minimum atomic E-state index is 0.723. The van der Waals surface area contributed by atoms with Gasteiger partial charge in [-0.2, -0.15) is 0 Å². The Kier molecular flexibility index (Phi) is 3.03. The fourth-order valence-corrected chi connectivity index (χ4v) is 1.27. The zero-order valence-corrected chi connectivity index (χ0v) is 8.26. The van der Waals surface area contributed by atoms with Crippen molar-refractivity contribution >= 4 is 5.84 Å². The van der Waals surface area contributed by atoms with E-state index >= 15 is 0 Å². The number of aliphatic imine (C=N–C) groups is 1. The standard InChI is InChI=1S/C10H15N3/c1-7-5-4-6-9(8(7)2)10(12-3)13-11/h4-6H,11H2,1-3H3,(H,12,13). The summed E-state index contributed by atoms with van der Waals surface area (Å²) in [5, 5.41) is 0. The van der Waals surface area contributed by atoms with E-state index in [4.69, 9.17) is 5.84 Å². The number of nitrogens with two attached hydrogens (primary N) is 1. The molecular weight excluding hydrogens is 162 g/mol. The van der Waals surface area contributed by atoms with Crippen LogP contribution < -0.4 is 11.3 Å². The summed E-state index contributed by atoms with van der Waals surface area (Å²) < 4.78 is 0. The molecule has 0 aliphatic heterocycles. The van der Waals surface area contributed by atoms with Crippen molar-refractivity contribution in [3.63, 3.8) is 0 Å². The lowest BCUT2D eigenvalue weighted by atomic mass is 10.0. The number of aryl methyl sites for hydroxylation is 1. The Hall–Kier alpha value is -1.35. The van der Waals surface area contributed by atoms with E-state index < -0.39 is 0 Å². The van der Waals surface area contributed by atoms with Gasteiger partial charge in [0.2, 0.25) is 0 Å². The summed E-state index contributed by atoms with van der Waals surface area (Å²) in [4.78, 5) is 4.06. The molecule has 13 heavy (non-hydrogen) atoms. The number of nitrogens with zero attached hydrogens (tertiary/aromatic N) is 1. The van der Waals surface area contributed by atoms with Crippen molar-refractivity contribution < 1.29 is 0 Å². The third-order valence-electron chi connectivity index (χ3n) is 2.22. The maximum absolute atomic E-state index is 5.35. The Labute approximate surface area is 78.6 Å². The Morgan fingerprint density at radius 1 is 1.38 bits per heavy atom. The van der Waals surface area contributed by atoms with E-state index in [1.54, 1.807) is 7.05 Å². The summed E-state index contributed by atoms with van der Waals surface area (Å²) in [6.45, 7) is 4.13. The Morgan fingerprint density at radius 2 is 2.08 bits per heavy atom. The van der Waals surface area contributed by atoms with Gasteiger partial charge in [0.15, 0.2) is 0 Å². The van der Waals surface area contributed by atoms with Gasteiger partial charge in [0.1, 0.15) is 5.84 Å². The quantitative estimate of drug-likeness (QED) is 0.292. The predicted molar refractivity (Wildman–Crippen MR) is 55.7 cm³/mol. The largest absolute Gasteiger partial charge is 0.308 e. The van der Waals surface area contributed by atoms with Gasteiger partial charge in [-0.05, 0) is 25.0 Å². The van der Waals surface area contributed by atoms with Gasteiger partial charge in [0.05, 0.1) is 0 Å². The minimum Gasteiger partial charge on any atom is -0.308 e. The van der Waals surface area contributed by atoms with Gasteiger partial charge in [0, 0.05) is 12.6 Å². The summed E-state index contributed by atoms with van der Waals surface area (Å²) >= 11 is 0. The summed E-state index contributed by atoms with van der Waals surface area (Å²) in [6.07, 6.45) is 0. The molecule has 0 radical (unpaired) electrons. The lowest BCUT2D eigenvalue weighted by Crippen LogP contribution is -2.31. The predicted octanol–water partition coefficient (Wildman–Crippen LogP) is 1.14. The molecule has 0 aliphatic rings. The molecular formula is C10H15N3. The first-order chi connectivity index (χ1) is 6.20. The molecule has 3 N–H and O–H groups in total. The van der Waals surface area contributed by atoms with Gasteiger partial charge >= 0.3 is 0 Å². The fraction of sp³-hybridized carbons (Fsp3) is 0.300. The second-order valence-corrected chi connectivity index (χ2v) is 2.96. The number of hydrogen-bond donors (Lipinski definition) is 2. The van der Waals surface area contributed by atoms with Gasteiger partial charge in [-0.15, -0.1) is 0 Å². The smallest absolute Gasteiger partial charge is 0.142 e. The second kappa shape index (κ2) is 4.05. The van der Waals surface area contributed by atoms with Crippen LogP contribution in [0.2, 0.25) is 0 Å². The Bertz CT molecular complexity index is 329. The molecule has 0 heterocycles. The van der Waals surface area contributed by atoms with Crippen LogP contribution in [0.3, 0.4) is 0 Å². The van der Waals surface area contributed by atoms with Crippen molar-refractivity contribution in [2.24, 2.45) is 10.8 Å². The molecule has 0 amide bonds. The average Bonchev–Trinajstić information content (AvgIpc) is 2.14. The van der Waals surface area contributed by atoms with E-state index in [-0.39, 0.29) is 0 Å². The molecule has 0 spiro atoms. The van der Waals surface area contributed by atoms with E-state index in [0.717, 1.165) is 11.4 Å². The van der Waals surface area contributed by atoms with Gasteiger partial charge in [-0.1, -0.05) is 18.2 Å². The van der Waals surface area contributed by atoms with Crippen LogP contribution >= 0.6 is 0 Å². The van der Waals surface area contributed by atoms with Crippen LogP contribution in [-0.2, 0) is 0 Å². The third kappa shape index (κ3) is 1.87. The monoisotopic (exact) mass is 177 g/mol. The molecule has 0 saturated carbocycles. The highest BCUT2D eigenvalue weighted by Crippen LogP contribution is 2.12. The molecule has 3 nitrogen and oxygen atoms in total. The average molecular weight is 177 g/mol. The van der Waals surface area contributed by atoms with E-state index in [9.17, 15) is 0 Å². The maximum atomic E-state index is 5.35. The van der Waals surface area contributed by atoms with Crippen molar-refractivity contribution in [3.8, 4) is 0 Å². The molecule has 70 valence electrons. The van der Waals surface area contributed by atoms with Gasteiger partial charge < -0.3 is 5.43 Å². The van der Waals surface area contributed by atoms with E-state index in [1.165, 1.54) is 11.1 Å². The fourth-order valence-electron chi connectivity index (χ4n) is 1.27. The topological polar surface area (TPSA) is 50.4 Å². The first kappa shape index (κ1) is 9.74. The van der Waals surface area contributed by atoms with E-state index in [1.807, 2.05) is 12.1 Å². The third-order valence-corrected chi connectivity index (χ3v) is 2.22. The molecule has 0 unspecified atom stereocenters. The molecule has 0 atom stereocenters. The molecule has 3 heteroatoms. The summed E-state index contributed by atoms with van der Waals surface area (Å²) in [7, 11) is 1.72. The number of amidine groups is 1. The summed E-state index contributed by atoms with van der Waals surface area (Å²) in [5.74, 6) is 6.08. The molecule has 1 aromatic rings. The highest BCUT2D eigenvalue weighted by molar-refractivity contribution is 5.99. The number of hydrogen-bond acceptors (Lipinski definition) is 2. The molecule has 0 fully saturated rings. The highest BCUT2D eigenvalue weighted by atomic mass is 15.2. The lowest BCUT2D eigenvalue weighted by Gasteiger charge is -2.09. The van der Waals surface area contributed by atoms with Gasteiger partial charge in [0.25, 0.3) is 0 Å². The van der Waals surface area contributed by atoms with Crippen LogP contribution in [0.5, 0.6) is 0 Å². The van der Waals surface area contributed by atoms with Gasteiger partial charge in [-0.25, -0.2) is 5.84 Å². The minimum absolute atomic E-state index is 0.723. The maximum Gasteiger partial charge on any atom is 0.142 e. The highest BCUT2D eigenvalue weighted by Gasteiger charge is 2.05. The zero-order chi connectivity index (χ0) is 9.84. The Balaban J connectivity index is 3.22. The first-order valence-electron chi connectivity index (χ1n) is 4.20. The molecule has 1 rings (SSSR count). The normalized spacial score (nSPS) is 11.5. The molecule has 0 aromatic heterocycles. The van der Waals surface area contributed by atoms with Crippen LogP contribution in [0.4, 0.5) is 0 Å². The molecule has 1 aromatic carbocycles. The number of rotatable bonds is 1. The van der Waals surface area contributed by atoms with Crippen molar-refractivity contribution in [1.82, 2.24) is 5.43 Å². The first-order valence-corrected chi connectivity index (χ1v) is 4.20. The van der Waals surface area contributed by atoms with E-state index in [2.05, 4.69) is 30.3 Å². The van der Waals surface area contributed by atoms with Crippen molar-refractivity contribution in [2.45, 2.75) is 13.8 Å². The van der Waals surface area contributed by atoms with E-state index in [0.29, 0.717) is 0 Å². The Morgan fingerprint density at radius 3 is 2.62 bits per heavy atom. The number of hydrazine groups is 1. The van der Waals surface area contributed by atoms with Crippen LogP contribution in [0.15, 0.2) is 23.2 Å². The van der Waals surface area contributed by atoms with Gasteiger partial charge in [-0.3, -0.25) is 4.99 Å². The lowest BCUT2D eigenvalue weighted by molar-refractivity contribution is 1.01. The number of nitrogens with one attached hydrogen (secondary N) is 1. The van der Waals surface area contributed by atoms with Crippen LogP contribution in [-0.4, -0.2) is 12.9 Å². The van der Waals surface area contributed by atoms with Crippen molar-refractivity contribution in [3.05, 3.63) is 34.9 Å². The van der Waals surface area contributed by atoms with Crippen LogP contribution in [0.25, 0.3) is 0 Å². The number of benzene rings is 1. The second-order valence-electron chi connectivity index (χ2n) is 2.96. The zero-order valence-electron chi connectivity index (χ0n) is 8.26. The van der Waals surface area contributed by atoms with Crippen LogP contribution in [0, 0.1) is 13.8 Å². The molecule has 0 aliphatic carbocycles.